The lowest BCUT2D eigenvalue weighted by Gasteiger charge is -2.28. The maximum absolute atomic E-state index is 14.5. The van der Waals surface area contributed by atoms with E-state index in [2.05, 4.69) is 14.8 Å². The van der Waals surface area contributed by atoms with Gasteiger partial charge in [0.05, 0.1) is 12.6 Å². The van der Waals surface area contributed by atoms with Gasteiger partial charge in [0.2, 0.25) is 0 Å². The Kier molecular flexibility index (Phi) is 7.63. The van der Waals surface area contributed by atoms with E-state index in [4.69, 9.17) is 20.7 Å². The van der Waals surface area contributed by atoms with Crippen LogP contribution in [0.4, 0.5) is 17.6 Å². The molecule has 4 rings (SSSR count). The van der Waals surface area contributed by atoms with Gasteiger partial charge in [0.1, 0.15) is 23.1 Å². The SMILES string of the molecule is CC(N=[N+]=[N-])C1=C(C(N)=O)N(Cc2ccc(F)cc2F)[C@H](c2ccc(OC(F)F)c(OCC3CC3)c2)O1. The van der Waals surface area contributed by atoms with E-state index in [9.17, 15) is 22.4 Å². The fraction of sp³-hybridized carbons (Fsp3) is 0.375. The molecule has 0 radical (unpaired) electrons. The number of hydrogen-bond acceptors (Lipinski definition) is 6. The number of amides is 1. The van der Waals surface area contributed by atoms with Gasteiger partial charge in [-0.25, -0.2) is 8.78 Å². The second-order valence-corrected chi connectivity index (χ2v) is 8.63. The molecule has 1 heterocycles. The Bertz CT molecular complexity index is 1260. The van der Waals surface area contributed by atoms with E-state index in [0.717, 1.165) is 18.9 Å². The maximum Gasteiger partial charge on any atom is 0.387 e. The van der Waals surface area contributed by atoms with Gasteiger partial charge in [0.15, 0.2) is 17.7 Å². The molecule has 2 N–H and O–H groups in total. The van der Waals surface area contributed by atoms with Gasteiger partial charge in [-0.2, -0.15) is 8.78 Å². The normalized spacial score (nSPS) is 17.9. The number of carbonyl (C=O) groups excluding carboxylic acids is 1. The van der Waals surface area contributed by atoms with Crippen LogP contribution in [0.25, 0.3) is 10.4 Å². The molecule has 2 atom stereocenters. The number of benzene rings is 2. The number of rotatable bonds is 11. The Labute approximate surface area is 209 Å². The zero-order valence-corrected chi connectivity index (χ0v) is 19.6. The van der Waals surface area contributed by atoms with Crippen molar-refractivity contribution in [3.05, 3.63) is 81.1 Å². The summed E-state index contributed by atoms with van der Waals surface area (Å²) in [6.07, 6.45) is 0.794. The highest BCUT2D eigenvalue weighted by Crippen LogP contribution is 2.43. The molecule has 13 heteroatoms. The molecule has 2 aromatic carbocycles. The van der Waals surface area contributed by atoms with Gasteiger partial charge in [0.25, 0.3) is 5.91 Å². The van der Waals surface area contributed by atoms with E-state index < -0.39 is 36.4 Å². The second-order valence-electron chi connectivity index (χ2n) is 8.63. The van der Waals surface area contributed by atoms with E-state index in [1.165, 1.54) is 36.1 Å². The zero-order chi connectivity index (χ0) is 26.7. The average molecular weight is 521 g/mol. The van der Waals surface area contributed by atoms with Gasteiger partial charge in [-0.1, -0.05) is 11.2 Å². The summed E-state index contributed by atoms with van der Waals surface area (Å²) in [5.41, 5.74) is 14.7. The van der Waals surface area contributed by atoms with Gasteiger partial charge in [-0.3, -0.25) is 4.79 Å². The maximum atomic E-state index is 14.5. The highest BCUT2D eigenvalue weighted by atomic mass is 19.3. The van der Waals surface area contributed by atoms with Gasteiger partial charge < -0.3 is 24.8 Å². The Morgan fingerprint density at radius 1 is 1.24 bits per heavy atom. The van der Waals surface area contributed by atoms with Crippen LogP contribution in [0, 0.1) is 17.6 Å². The smallest absolute Gasteiger partial charge is 0.387 e. The minimum Gasteiger partial charge on any atom is -0.489 e. The van der Waals surface area contributed by atoms with Crippen molar-refractivity contribution in [3.63, 3.8) is 0 Å². The Morgan fingerprint density at radius 3 is 2.62 bits per heavy atom. The number of nitrogens with zero attached hydrogens (tertiary/aromatic N) is 4. The summed E-state index contributed by atoms with van der Waals surface area (Å²) in [4.78, 5) is 16.6. The molecule has 1 aliphatic carbocycles. The number of hydrogen-bond donors (Lipinski definition) is 1. The van der Waals surface area contributed by atoms with Crippen molar-refractivity contribution in [2.75, 3.05) is 6.61 Å². The first kappa shape index (κ1) is 26.0. The number of nitrogens with two attached hydrogens (primary N) is 1. The monoisotopic (exact) mass is 521 g/mol. The summed E-state index contributed by atoms with van der Waals surface area (Å²) in [6, 6.07) is 6.09. The van der Waals surface area contributed by atoms with Crippen LogP contribution >= 0.6 is 0 Å². The molecular weight excluding hydrogens is 498 g/mol. The lowest BCUT2D eigenvalue weighted by molar-refractivity contribution is -0.116. The van der Waals surface area contributed by atoms with Crippen LogP contribution < -0.4 is 15.2 Å². The van der Waals surface area contributed by atoms with E-state index in [0.29, 0.717) is 24.2 Å². The molecule has 0 bridgehead atoms. The van der Waals surface area contributed by atoms with E-state index in [1.54, 1.807) is 0 Å². The molecule has 196 valence electrons. The zero-order valence-electron chi connectivity index (χ0n) is 19.6. The molecule has 1 saturated carbocycles. The standard InChI is InChI=1S/C24H23F4N5O4/c1-12(31-32-30)21-20(22(29)34)33(10-15-4-6-16(25)9-17(15)26)23(37-21)14-5-7-18(36-24(27)28)19(8-14)35-11-13-2-3-13/h4-9,12-13,23-24H,2-3,10-11H2,1H3,(H2,29,34)/t12?,23-/m0/s1. The van der Waals surface area contributed by atoms with Crippen molar-refractivity contribution < 1.29 is 36.6 Å². The average Bonchev–Trinajstić information content (AvgIpc) is 3.58. The second kappa shape index (κ2) is 10.9. The predicted octanol–water partition coefficient (Wildman–Crippen LogP) is 5.28. The van der Waals surface area contributed by atoms with Crippen molar-refractivity contribution in [2.45, 2.75) is 45.2 Å². The fourth-order valence-electron chi connectivity index (χ4n) is 3.91. The molecule has 9 nitrogen and oxygen atoms in total. The van der Waals surface area contributed by atoms with Crippen molar-refractivity contribution in [1.82, 2.24) is 4.90 Å². The van der Waals surface area contributed by atoms with Crippen LogP contribution in [0.3, 0.4) is 0 Å². The summed E-state index contributed by atoms with van der Waals surface area (Å²) in [7, 11) is 0. The fourth-order valence-corrected chi connectivity index (χ4v) is 3.91. The van der Waals surface area contributed by atoms with Crippen LogP contribution in [0.1, 0.15) is 37.1 Å². The van der Waals surface area contributed by atoms with Crippen molar-refractivity contribution in [1.29, 1.82) is 0 Å². The summed E-state index contributed by atoms with van der Waals surface area (Å²) in [5, 5.41) is 3.57. The Hall–Kier alpha value is -4.12. The van der Waals surface area contributed by atoms with Crippen LogP contribution in [-0.2, 0) is 16.1 Å². The summed E-state index contributed by atoms with van der Waals surface area (Å²) in [5.74, 6) is -2.52. The first-order chi connectivity index (χ1) is 17.7. The van der Waals surface area contributed by atoms with Gasteiger partial charge >= 0.3 is 6.61 Å². The molecule has 1 unspecified atom stereocenters. The van der Waals surface area contributed by atoms with Crippen LogP contribution in [-0.4, -0.2) is 30.1 Å². The molecule has 37 heavy (non-hydrogen) atoms. The summed E-state index contributed by atoms with van der Waals surface area (Å²) >= 11 is 0. The molecular formula is C24H23F4N5O4. The van der Waals surface area contributed by atoms with E-state index in [1.807, 2.05) is 0 Å². The largest absolute Gasteiger partial charge is 0.489 e. The number of azide groups is 1. The minimum absolute atomic E-state index is 0.0225. The third-order valence-corrected chi connectivity index (χ3v) is 5.88. The topological polar surface area (TPSA) is 123 Å². The lowest BCUT2D eigenvalue weighted by Crippen LogP contribution is -2.31. The molecule has 0 spiro atoms. The van der Waals surface area contributed by atoms with Crippen molar-refractivity contribution in [2.24, 2.45) is 16.8 Å². The number of carbonyl (C=O) groups is 1. The van der Waals surface area contributed by atoms with E-state index in [-0.39, 0.29) is 35.1 Å². The highest BCUT2D eigenvalue weighted by molar-refractivity contribution is 5.92. The van der Waals surface area contributed by atoms with Crippen molar-refractivity contribution >= 4 is 5.91 Å². The van der Waals surface area contributed by atoms with Gasteiger partial charge in [-0.15, -0.1) is 0 Å². The Morgan fingerprint density at radius 2 is 2.00 bits per heavy atom. The quantitative estimate of drug-likeness (QED) is 0.187. The van der Waals surface area contributed by atoms with Crippen LogP contribution in [0.2, 0.25) is 0 Å². The Balaban J connectivity index is 1.76. The lowest BCUT2D eigenvalue weighted by atomic mass is 10.1. The number of alkyl halides is 2. The molecule has 2 aliphatic rings. The number of ether oxygens (including phenoxy) is 3. The van der Waals surface area contributed by atoms with Gasteiger partial charge in [0, 0.05) is 28.6 Å². The third-order valence-electron chi connectivity index (χ3n) is 5.88. The summed E-state index contributed by atoms with van der Waals surface area (Å²) < 4.78 is 70.3. The third kappa shape index (κ3) is 6.00. The molecule has 1 amide bonds. The molecule has 0 aromatic heterocycles. The number of halogens is 4. The van der Waals surface area contributed by atoms with Crippen molar-refractivity contribution in [3.8, 4) is 11.5 Å². The molecule has 0 saturated heterocycles. The van der Waals surface area contributed by atoms with Crippen LogP contribution in [0.15, 0.2) is 53.0 Å². The number of primary amides is 1. The summed E-state index contributed by atoms with van der Waals surface area (Å²) in [6.45, 7) is -1.60. The van der Waals surface area contributed by atoms with E-state index >= 15 is 0 Å². The minimum atomic E-state index is -3.09. The predicted molar refractivity (Wildman–Crippen MR) is 122 cm³/mol. The highest BCUT2D eigenvalue weighted by Gasteiger charge is 2.40. The first-order valence-corrected chi connectivity index (χ1v) is 11.3. The molecule has 1 aliphatic heterocycles. The van der Waals surface area contributed by atoms with Gasteiger partial charge in [-0.05, 0) is 55.5 Å². The first-order valence-electron chi connectivity index (χ1n) is 11.3. The molecule has 2 aromatic rings. The van der Waals surface area contributed by atoms with Crippen LogP contribution in [0.5, 0.6) is 11.5 Å². The molecule has 1 fully saturated rings.